The third-order valence-electron chi connectivity index (χ3n) is 3.23. The van der Waals surface area contributed by atoms with Crippen molar-refractivity contribution in [2.24, 2.45) is 0 Å². The van der Waals surface area contributed by atoms with Gasteiger partial charge in [-0.05, 0) is 24.6 Å². The van der Waals surface area contributed by atoms with Crippen molar-refractivity contribution in [2.45, 2.75) is 6.92 Å². The van der Waals surface area contributed by atoms with Crippen molar-refractivity contribution in [3.8, 4) is 11.4 Å². The second kappa shape index (κ2) is 4.77. The van der Waals surface area contributed by atoms with Gasteiger partial charge in [-0.2, -0.15) is 0 Å². The molecule has 0 bridgehead atoms. The second-order valence-electron chi connectivity index (χ2n) is 4.45. The van der Waals surface area contributed by atoms with E-state index in [1.807, 2.05) is 37.4 Å². The molecule has 1 aromatic carbocycles. The molecule has 0 spiro atoms. The van der Waals surface area contributed by atoms with Gasteiger partial charge in [-0.15, -0.1) is 10.2 Å². The monoisotopic (exact) mass is 267 g/mol. The van der Waals surface area contributed by atoms with E-state index in [1.54, 1.807) is 16.5 Å². The van der Waals surface area contributed by atoms with Gasteiger partial charge in [0.15, 0.2) is 11.5 Å². The van der Waals surface area contributed by atoms with Gasteiger partial charge >= 0.3 is 5.97 Å². The minimum atomic E-state index is -0.417. The molecule has 100 valence electrons. The fraction of sp³-hybridized carbons (Fsp3) is 0.133. The van der Waals surface area contributed by atoms with E-state index >= 15 is 0 Å². The SMILES string of the molecule is COC(=O)c1cccn2c(-c3ccccc3C)nnc12. The Labute approximate surface area is 115 Å². The lowest BCUT2D eigenvalue weighted by Crippen LogP contribution is -2.04. The number of carbonyl (C=O) groups excluding carboxylic acids is 1. The molecule has 0 radical (unpaired) electrons. The van der Waals surface area contributed by atoms with Crippen molar-refractivity contribution in [3.05, 3.63) is 53.7 Å². The van der Waals surface area contributed by atoms with Gasteiger partial charge in [-0.1, -0.05) is 24.3 Å². The van der Waals surface area contributed by atoms with Gasteiger partial charge in [0.1, 0.15) is 5.56 Å². The number of nitrogens with zero attached hydrogens (tertiary/aromatic N) is 3. The number of aromatic nitrogens is 3. The van der Waals surface area contributed by atoms with Crippen molar-refractivity contribution in [1.29, 1.82) is 0 Å². The van der Waals surface area contributed by atoms with Gasteiger partial charge in [0, 0.05) is 11.8 Å². The molecule has 0 aliphatic rings. The average molecular weight is 267 g/mol. The van der Waals surface area contributed by atoms with E-state index < -0.39 is 5.97 Å². The van der Waals surface area contributed by atoms with Crippen LogP contribution in [0.15, 0.2) is 42.6 Å². The number of hydrogen-bond acceptors (Lipinski definition) is 4. The minimum absolute atomic E-state index is 0.405. The van der Waals surface area contributed by atoms with Crippen LogP contribution in [0.3, 0.4) is 0 Å². The Balaban J connectivity index is 2.26. The van der Waals surface area contributed by atoms with Crippen LogP contribution in [-0.2, 0) is 4.74 Å². The van der Waals surface area contributed by atoms with Crippen LogP contribution in [-0.4, -0.2) is 27.7 Å². The maximum Gasteiger partial charge on any atom is 0.341 e. The lowest BCUT2D eigenvalue weighted by molar-refractivity contribution is 0.0602. The highest BCUT2D eigenvalue weighted by Crippen LogP contribution is 2.23. The van der Waals surface area contributed by atoms with E-state index in [-0.39, 0.29) is 0 Å². The zero-order valence-electron chi connectivity index (χ0n) is 11.2. The minimum Gasteiger partial charge on any atom is -0.465 e. The largest absolute Gasteiger partial charge is 0.465 e. The summed E-state index contributed by atoms with van der Waals surface area (Å²) in [5, 5.41) is 8.33. The van der Waals surface area contributed by atoms with Gasteiger partial charge in [-0.25, -0.2) is 4.79 Å². The first kappa shape index (κ1) is 12.3. The topological polar surface area (TPSA) is 56.5 Å². The molecule has 0 aliphatic heterocycles. The molecule has 0 saturated heterocycles. The summed E-state index contributed by atoms with van der Waals surface area (Å²) in [5.74, 6) is 0.295. The van der Waals surface area contributed by atoms with Crippen LogP contribution in [0.25, 0.3) is 17.0 Å². The molecule has 0 aliphatic carbocycles. The summed E-state index contributed by atoms with van der Waals surface area (Å²) in [6.45, 7) is 2.01. The second-order valence-corrected chi connectivity index (χ2v) is 4.45. The molecular formula is C15H13N3O2. The summed E-state index contributed by atoms with van der Waals surface area (Å²) in [4.78, 5) is 11.7. The van der Waals surface area contributed by atoms with Crippen LogP contribution in [0.5, 0.6) is 0 Å². The summed E-state index contributed by atoms with van der Waals surface area (Å²) in [5.41, 5.74) is 2.99. The standard InChI is InChI=1S/C15H13N3O2/c1-10-6-3-4-7-11(10)13-16-17-14-12(15(19)20-2)8-5-9-18(13)14/h3-9H,1-2H3. The molecule has 5 heteroatoms. The molecule has 0 atom stereocenters. The molecule has 0 saturated carbocycles. The Morgan fingerprint density at radius 1 is 1.15 bits per heavy atom. The molecule has 3 aromatic rings. The van der Waals surface area contributed by atoms with Gasteiger partial charge in [-0.3, -0.25) is 4.40 Å². The van der Waals surface area contributed by atoms with Gasteiger partial charge in [0.05, 0.1) is 7.11 Å². The quantitative estimate of drug-likeness (QED) is 0.669. The number of hydrogen-bond donors (Lipinski definition) is 0. The number of rotatable bonds is 2. The predicted octanol–water partition coefficient (Wildman–Crippen LogP) is 2.49. The molecule has 2 heterocycles. The Bertz CT molecular complexity index is 793. The smallest absolute Gasteiger partial charge is 0.341 e. The fourth-order valence-electron chi connectivity index (χ4n) is 2.19. The van der Waals surface area contributed by atoms with Crippen molar-refractivity contribution in [3.63, 3.8) is 0 Å². The lowest BCUT2D eigenvalue weighted by atomic mass is 10.1. The maximum absolute atomic E-state index is 11.7. The number of carbonyl (C=O) groups is 1. The van der Waals surface area contributed by atoms with E-state index in [4.69, 9.17) is 4.74 Å². The number of pyridine rings is 1. The summed E-state index contributed by atoms with van der Waals surface area (Å²) in [6.07, 6.45) is 1.84. The Hall–Kier alpha value is -2.69. The van der Waals surface area contributed by atoms with E-state index in [0.29, 0.717) is 17.0 Å². The van der Waals surface area contributed by atoms with Crippen LogP contribution in [0.1, 0.15) is 15.9 Å². The Morgan fingerprint density at radius 2 is 1.95 bits per heavy atom. The highest BCUT2D eigenvalue weighted by Gasteiger charge is 2.16. The van der Waals surface area contributed by atoms with E-state index in [1.165, 1.54) is 7.11 Å². The van der Waals surface area contributed by atoms with E-state index in [2.05, 4.69) is 10.2 Å². The summed E-state index contributed by atoms with van der Waals surface area (Å²) in [6, 6.07) is 11.4. The van der Waals surface area contributed by atoms with E-state index in [9.17, 15) is 4.79 Å². The molecule has 5 nitrogen and oxygen atoms in total. The Kier molecular flexibility index (Phi) is 2.95. The molecule has 0 N–H and O–H groups in total. The first-order valence-corrected chi connectivity index (χ1v) is 6.20. The normalized spacial score (nSPS) is 10.7. The van der Waals surface area contributed by atoms with Crippen molar-refractivity contribution >= 4 is 11.6 Å². The van der Waals surface area contributed by atoms with Crippen LogP contribution < -0.4 is 0 Å². The molecule has 3 rings (SSSR count). The van der Waals surface area contributed by atoms with Gasteiger partial charge < -0.3 is 4.74 Å². The average Bonchev–Trinajstić information content (AvgIpc) is 2.90. The highest BCUT2D eigenvalue weighted by atomic mass is 16.5. The van der Waals surface area contributed by atoms with E-state index in [0.717, 1.165) is 11.1 Å². The zero-order chi connectivity index (χ0) is 14.1. The molecule has 0 amide bonds. The molecule has 0 fully saturated rings. The number of aryl methyl sites for hydroxylation is 1. The molecular weight excluding hydrogens is 254 g/mol. The maximum atomic E-state index is 11.7. The first-order chi connectivity index (χ1) is 9.72. The van der Waals surface area contributed by atoms with Crippen molar-refractivity contribution in [1.82, 2.24) is 14.6 Å². The lowest BCUT2D eigenvalue weighted by Gasteiger charge is -2.05. The fourth-order valence-corrected chi connectivity index (χ4v) is 2.19. The number of fused-ring (bicyclic) bond motifs is 1. The molecule has 0 unspecified atom stereocenters. The van der Waals surface area contributed by atoms with Crippen molar-refractivity contribution in [2.75, 3.05) is 7.11 Å². The van der Waals surface area contributed by atoms with Crippen LogP contribution in [0, 0.1) is 6.92 Å². The number of benzene rings is 1. The summed E-state index contributed by atoms with van der Waals surface area (Å²) >= 11 is 0. The molecule has 2 aromatic heterocycles. The summed E-state index contributed by atoms with van der Waals surface area (Å²) in [7, 11) is 1.35. The highest BCUT2D eigenvalue weighted by molar-refractivity contribution is 5.95. The van der Waals surface area contributed by atoms with Crippen LogP contribution in [0.2, 0.25) is 0 Å². The number of esters is 1. The van der Waals surface area contributed by atoms with Crippen LogP contribution in [0.4, 0.5) is 0 Å². The number of methoxy groups -OCH3 is 1. The third-order valence-corrected chi connectivity index (χ3v) is 3.23. The number of ether oxygens (including phenoxy) is 1. The predicted molar refractivity (Wildman–Crippen MR) is 74.5 cm³/mol. The summed E-state index contributed by atoms with van der Waals surface area (Å²) < 4.78 is 6.56. The third kappa shape index (κ3) is 1.84. The molecule has 20 heavy (non-hydrogen) atoms. The van der Waals surface area contributed by atoms with Crippen LogP contribution >= 0.6 is 0 Å². The van der Waals surface area contributed by atoms with Gasteiger partial charge in [0.25, 0.3) is 0 Å². The van der Waals surface area contributed by atoms with Gasteiger partial charge in [0.2, 0.25) is 0 Å². The Morgan fingerprint density at radius 3 is 2.70 bits per heavy atom. The zero-order valence-corrected chi connectivity index (χ0v) is 11.2. The first-order valence-electron chi connectivity index (χ1n) is 6.20. The van der Waals surface area contributed by atoms with Crippen molar-refractivity contribution < 1.29 is 9.53 Å².